The molecule has 1 N–H and O–H groups in total. The van der Waals surface area contributed by atoms with E-state index in [2.05, 4.69) is 9.71 Å². The van der Waals surface area contributed by atoms with Crippen molar-refractivity contribution in [1.82, 2.24) is 4.98 Å². The fourth-order valence-corrected chi connectivity index (χ4v) is 3.96. The number of pyridine rings is 1. The molecular weight excluding hydrogens is 331 g/mol. The largest absolute Gasteiger partial charge is 0.376 e. The zero-order valence-corrected chi connectivity index (χ0v) is 14.3. The summed E-state index contributed by atoms with van der Waals surface area (Å²) in [7, 11) is -2.23. The molecule has 0 saturated heterocycles. The van der Waals surface area contributed by atoms with Gasteiger partial charge in [0.2, 0.25) is 0 Å². The molecule has 1 atom stereocenters. The summed E-state index contributed by atoms with van der Waals surface area (Å²) in [5.41, 5.74) is 1.39. The van der Waals surface area contributed by atoms with Crippen molar-refractivity contribution in [2.45, 2.75) is 30.8 Å². The third-order valence-corrected chi connectivity index (χ3v) is 5.59. The first-order valence-electron chi connectivity index (χ1n) is 7.68. The number of aromatic nitrogens is 1. The van der Waals surface area contributed by atoms with E-state index in [4.69, 9.17) is 4.74 Å². The fraction of sp³-hybridized carbons (Fsp3) is 0.353. The third-order valence-electron chi connectivity index (χ3n) is 4.10. The van der Waals surface area contributed by atoms with Gasteiger partial charge in [-0.2, -0.15) is 0 Å². The second-order valence-electron chi connectivity index (χ2n) is 5.99. The van der Waals surface area contributed by atoms with Crippen LogP contribution >= 0.6 is 0 Å². The maximum Gasteiger partial charge on any atom is 0.263 e. The lowest BCUT2D eigenvalue weighted by atomic mass is 10.1. The maximum absolute atomic E-state index is 13.4. The summed E-state index contributed by atoms with van der Waals surface area (Å²) in [5, 5.41) is 0. The van der Waals surface area contributed by atoms with Gasteiger partial charge in [-0.05, 0) is 55.0 Å². The van der Waals surface area contributed by atoms with Gasteiger partial charge < -0.3 is 4.74 Å². The molecule has 0 aliphatic heterocycles. The average Bonchev–Trinajstić information content (AvgIpc) is 3.36. The van der Waals surface area contributed by atoms with E-state index in [-0.39, 0.29) is 16.8 Å². The second kappa shape index (κ2) is 6.49. The Bertz CT molecular complexity index is 833. The normalized spacial score (nSPS) is 16.0. The van der Waals surface area contributed by atoms with Gasteiger partial charge in [0.05, 0.1) is 11.0 Å². The van der Waals surface area contributed by atoms with Crippen LogP contribution in [-0.2, 0) is 14.8 Å². The number of benzene rings is 1. The van der Waals surface area contributed by atoms with Crippen molar-refractivity contribution in [2.24, 2.45) is 5.92 Å². The minimum Gasteiger partial charge on any atom is -0.376 e. The molecule has 1 aromatic heterocycles. The number of rotatable bonds is 6. The highest BCUT2D eigenvalue weighted by molar-refractivity contribution is 7.92. The first-order valence-corrected chi connectivity index (χ1v) is 9.17. The lowest BCUT2D eigenvalue weighted by Gasteiger charge is -2.15. The molecule has 128 valence electrons. The number of halogens is 1. The Morgan fingerprint density at radius 2 is 2.04 bits per heavy atom. The number of aryl methyl sites for hydroxylation is 1. The quantitative estimate of drug-likeness (QED) is 0.867. The van der Waals surface area contributed by atoms with E-state index in [1.807, 2.05) is 0 Å². The molecule has 1 saturated carbocycles. The highest BCUT2D eigenvalue weighted by Crippen LogP contribution is 2.42. The first kappa shape index (κ1) is 16.9. The van der Waals surface area contributed by atoms with Crippen LogP contribution in [0.4, 0.5) is 10.2 Å². The van der Waals surface area contributed by atoms with Crippen LogP contribution in [0.25, 0.3) is 0 Å². The summed E-state index contributed by atoms with van der Waals surface area (Å²) in [6.07, 6.45) is 3.87. The number of nitrogens with one attached hydrogen (secondary N) is 1. The minimum absolute atomic E-state index is 0.00591. The van der Waals surface area contributed by atoms with Crippen LogP contribution in [0.3, 0.4) is 0 Å². The van der Waals surface area contributed by atoms with Crippen molar-refractivity contribution in [1.29, 1.82) is 0 Å². The zero-order valence-electron chi connectivity index (χ0n) is 13.5. The maximum atomic E-state index is 13.4. The van der Waals surface area contributed by atoms with Gasteiger partial charge in [-0.3, -0.25) is 4.72 Å². The summed E-state index contributed by atoms with van der Waals surface area (Å²) >= 11 is 0. The van der Waals surface area contributed by atoms with Crippen molar-refractivity contribution in [3.63, 3.8) is 0 Å². The van der Waals surface area contributed by atoms with Gasteiger partial charge in [0.1, 0.15) is 11.6 Å². The Labute approximate surface area is 140 Å². The number of hydrogen-bond donors (Lipinski definition) is 1. The molecule has 0 spiro atoms. The van der Waals surface area contributed by atoms with Crippen LogP contribution in [-0.4, -0.2) is 20.5 Å². The highest BCUT2D eigenvalue weighted by atomic mass is 32.2. The number of ether oxygens (including phenoxy) is 1. The van der Waals surface area contributed by atoms with Gasteiger partial charge in [0.25, 0.3) is 10.0 Å². The van der Waals surface area contributed by atoms with Crippen LogP contribution in [0.2, 0.25) is 0 Å². The van der Waals surface area contributed by atoms with Gasteiger partial charge in [-0.25, -0.2) is 17.8 Å². The summed E-state index contributed by atoms with van der Waals surface area (Å²) in [5.74, 6) is 0.0963. The summed E-state index contributed by atoms with van der Waals surface area (Å²) < 4.78 is 46.1. The molecule has 3 rings (SSSR count). The average molecular weight is 350 g/mol. The van der Waals surface area contributed by atoms with E-state index in [9.17, 15) is 12.8 Å². The zero-order chi connectivity index (χ0) is 17.3. The van der Waals surface area contributed by atoms with Crippen LogP contribution in [0, 0.1) is 18.7 Å². The Morgan fingerprint density at radius 3 is 2.62 bits per heavy atom. The molecule has 1 heterocycles. The molecule has 1 aromatic carbocycles. The summed E-state index contributed by atoms with van der Waals surface area (Å²) in [6, 6.07) is 7.05. The summed E-state index contributed by atoms with van der Waals surface area (Å²) in [4.78, 5) is 4.06. The standard InChI is InChI=1S/C17H19FN2O3S/c1-11-3-7-14(18)9-15(11)24(21,22)20-16-8-6-13(10-19-16)17(23-2)12-4-5-12/h3,6-10,12,17H,4-5H2,1-2H3,(H,19,20). The SMILES string of the molecule is COC(c1ccc(NS(=O)(=O)c2cc(F)ccc2C)nc1)C1CC1. The summed E-state index contributed by atoms with van der Waals surface area (Å²) in [6.45, 7) is 1.61. The molecule has 0 radical (unpaired) electrons. The number of anilines is 1. The van der Waals surface area contributed by atoms with Crippen molar-refractivity contribution >= 4 is 15.8 Å². The molecule has 1 unspecified atom stereocenters. The van der Waals surface area contributed by atoms with Gasteiger partial charge in [-0.1, -0.05) is 12.1 Å². The lowest BCUT2D eigenvalue weighted by molar-refractivity contribution is 0.0843. The van der Waals surface area contributed by atoms with Crippen LogP contribution in [0.15, 0.2) is 41.4 Å². The Hall–Kier alpha value is -1.99. The molecular formula is C17H19FN2O3S. The van der Waals surface area contributed by atoms with E-state index in [0.717, 1.165) is 24.5 Å². The highest BCUT2D eigenvalue weighted by Gasteiger charge is 2.32. The van der Waals surface area contributed by atoms with Crippen molar-refractivity contribution in [3.8, 4) is 0 Å². The monoisotopic (exact) mass is 350 g/mol. The van der Waals surface area contributed by atoms with Crippen molar-refractivity contribution in [2.75, 3.05) is 11.8 Å². The second-order valence-corrected chi connectivity index (χ2v) is 7.64. The first-order chi connectivity index (χ1) is 11.4. The molecule has 1 aliphatic rings. The van der Waals surface area contributed by atoms with E-state index < -0.39 is 15.8 Å². The molecule has 1 aliphatic carbocycles. The number of nitrogens with zero attached hydrogens (tertiary/aromatic N) is 1. The fourth-order valence-electron chi connectivity index (χ4n) is 2.69. The Morgan fingerprint density at radius 1 is 1.29 bits per heavy atom. The van der Waals surface area contributed by atoms with Crippen molar-refractivity contribution < 1.29 is 17.5 Å². The topological polar surface area (TPSA) is 68.3 Å². The molecule has 2 aromatic rings. The predicted octanol–water partition coefficient (Wildman–Crippen LogP) is 3.43. The minimum atomic E-state index is -3.89. The number of methoxy groups -OCH3 is 1. The molecule has 1 fully saturated rings. The van der Waals surface area contributed by atoms with E-state index >= 15 is 0 Å². The van der Waals surface area contributed by atoms with Crippen molar-refractivity contribution in [3.05, 3.63) is 53.5 Å². The van der Waals surface area contributed by atoms with Gasteiger partial charge in [-0.15, -0.1) is 0 Å². The van der Waals surface area contributed by atoms with Gasteiger partial charge in [0.15, 0.2) is 0 Å². The smallest absolute Gasteiger partial charge is 0.263 e. The number of hydrogen-bond acceptors (Lipinski definition) is 4. The van der Waals surface area contributed by atoms with Crippen LogP contribution in [0.5, 0.6) is 0 Å². The van der Waals surface area contributed by atoms with E-state index in [1.165, 1.54) is 12.1 Å². The third kappa shape index (κ3) is 3.57. The lowest BCUT2D eigenvalue weighted by Crippen LogP contribution is -2.15. The van der Waals surface area contributed by atoms with E-state index in [0.29, 0.717) is 11.5 Å². The van der Waals surface area contributed by atoms with Gasteiger partial charge in [0, 0.05) is 13.3 Å². The molecule has 24 heavy (non-hydrogen) atoms. The Kier molecular flexibility index (Phi) is 4.56. The molecule has 5 nitrogen and oxygen atoms in total. The van der Waals surface area contributed by atoms with Gasteiger partial charge >= 0.3 is 0 Å². The van der Waals surface area contributed by atoms with Crippen LogP contribution < -0.4 is 4.72 Å². The number of sulfonamides is 1. The van der Waals surface area contributed by atoms with Crippen LogP contribution in [0.1, 0.15) is 30.1 Å². The Balaban J connectivity index is 1.81. The van der Waals surface area contributed by atoms with E-state index in [1.54, 1.807) is 32.4 Å². The molecule has 0 bridgehead atoms. The predicted molar refractivity (Wildman–Crippen MR) is 88.7 cm³/mol. The molecule has 0 amide bonds. The molecule has 7 heteroatoms.